The largest absolute Gasteiger partial charge is 0.462 e. The molecule has 1 N–H and O–H groups in total. The first kappa shape index (κ1) is 19.4. The van der Waals surface area contributed by atoms with Crippen molar-refractivity contribution < 1.29 is 19.0 Å². The molecule has 0 aliphatic rings. The molecule has 0 bridgehead atoms. The highest BCUT2D eigenvalue weighted by Crippen LogP contribution is 2.42. The Hall–Kier alpha value is -0.600. The smallest absolute Gasteiger partial charge is 0.333 e. The van der Waals surface area contributed by atoms with Crippen molar-refractivity contribution in [1.29, 1.82) is 0 Å². The van der Waals surface area contributed by atoms with Gasteiger partial charge in [0.2, 0.25) is 7.37 Å². The summed E-state index contributed by atoms with van der Waals surface area (Å²) in [6.45, 7) is 7.41. The van der Waals surface area contributed by atoms with Crippen molar-refractivity contribution >= 4 is 13.3 Å². The predicted octanol–water partition coefficient (Wildman–Crippen LogP) is 4.13. The summed E-state index contributed by atoms with van der Waals surface area (Å²) in [6, 6.07) is 0. The first-order valence-corrected chi connectivity index (χ1v) is 9.55. The molecule has 1 unspecified atom stereocenters. The van der Waals surface area contributed by atoms with Crippen LogP contribution in [0, 0.1) is 0 Å². The molecule has 0 aliphatic carbocycles. The quantitative estimate of drug-likeness (QED) is 0.255. The van der Waals surface area contributed by atoms with E-state index >= 15 is 0 Å². The summed E-state index contributed by atoms with van der Waals surface area (Å²) >= 11 is 0. The van der Waals surface area contributed by atoms with Crippen LogP contribution in [0.2, 0.25) is 0 Å². The fourth-order valence-corrected chi connectivity index (χ4v) is 3.42. The molecule has 0 aromatic rings. The maximum Gasteiger partial charge on any atom is 0.333 e. The summed E-state index contributed by atoms with van der Waals surface area (Å²) in [7, 11) is -3.05. The minimum Gasteiger partial charge on any atom is -0.462 e. The molecular weight excluding hydrogens is 275 g/mol. The van der Waals surface area contributed by atoms with Gasteiger partial charge in [-0.05, 0) is 19.8 Å². The van der Waals surface area contributed by atoms with E-state index in [0.29, 0.717) is 18.2 Å². The van der Waals surface area contributed by atoms with Crippen molar-refractivity contribution in [3.8, 4) is 0 Å². The zero-order chi connectivity index (χ0) is 15.4. The number of ether oxygens (including phenoxy) is 1. The second-order valence-corrected chi connectivity index (χ2v) is 7.92. The molecule has 5 heteroatoms. The van der Waals surface area contributed by atoms with E-state index < -0.39 is 13.3 Å². The van der Waals surface area contributed by atoms with E-state index in [0.717, 1.165) is 19.3 Å². The van der Waals surface area contributed by atoms with Crippen molar-refractivity contribution in [3.05, 3.63) is 12.2 Å². The fourth-order valence-electron chi connectivity index (χ4n) is 1.85. The Morgan fingerprint density at radius 3 is 2.25 bits per heavy atom. The van der Waals surface area contributed by atoms with Gasteiger partial charge in [0.15, 0.2) is 0 Å². The first-order chi connectivity index (χ1) is 9.39. The normalized spacial score (nSPS) is 13.8. The van der Waals surface area contributed by atoms with Gasteiger partial charge >= 0.3 is 5.97 Å². The molecule has 0 rings (SSSR count). The lowest BCUT2D eigenvalue weighted by atomic mass is 10.1. The highest BCUT2D eigenvalue weighted by Gasteiger charge is 2.17. The van der Waals surface area contributed by atoms with Crippen LogP contribution in [0.1, 0.15) is 58.8 Å². The van der Waals surface area contributed by atoms with Crippen LogP contribution in [-0.2, 0) is 14.1 Å². The van der Waals surface area contributed by atoms with Crippen LogP contribution in [0.4, 0.5) is 0 Å². The lowest BCUT2D eigenvalue weighted by molar-refractivity contribution is -0.138. The average Bonchev–Trinajstić information content (AvgIpc) is 2.38. The first-order valence-electron chi connectivity index (χ1n) is 7.52. The van der Waals surface area contributed by atoms with Gasteiger partial charge in [-0.2, -0.15) is 0 Å². The van der Waals surface area contributed by atoms with Gasteiger partial charge in [-0.15, -0.1) is 0 Å². The fraction of sp³-hybridized carbons (Fsp3) is 0.800. The minimum absolute atomic E-state index is 0.187. The predicted molar refractivity (Wildman–Crippen MR) is 83.3 cm³/mol. The van der Waals surface area contributed by atoms with Gasteiger partial charge in [0.25, 0.3) is 0 Å². The third-order valence-electron chi connectivity index (χ3n) is 3.09. The van der Waals surface area contributed by atoms with Crippen LogP contribution < -0.4 is 0 Å². The standard InChI is InChI=1S/C15H29O4P/c1-4-5-6-7-8-9-12-20(17,18)13-10-11-19-15(16)14(2)3/h2,4-13H2,1,3H3,(H,17,18). The van der Waals surface area contributed by atoms with E-state index in [9.17, 15) is 14.3 Å². The molecule has 0 aliphatic heterocycles. The highest BCUT2D eigenvalue weighted by atomic mass is 31.2. The second kappa shape index (κ2) is 11.1. The second-order valence-electron chi connectivity index (χ2n) is 5.33. The SMILES string of the molecule is C=C(C)C(=O)OCCCP(=O)(O)CCCCCCCC. The Bertz CT molecular complexity index is 339. The summed E-state index contributed by atoms with van der Waals surface area (Å²) in [5.41, 5.74) is 0.351. The molecule has 0 saturated carbocycles. The third-order valence-corrected chi connectivity index (χ3v) is 5.12. The maximum atomic E-state index is 11.9. The number of carbonyl (C=O) groups excluding carboxylic acids is 1. The Morgan fingerprint density at radius 2 is 1.65 bits per heavy atom. The van der Waals surface area contributed by atoms with Crippen molar-refractivity contribution in [3.63, 3.8) is 0 Å². The minimum atomic E-state index is -3.05. The summed E-state index contributed by atoms with van der Waals surface area (Å²) in [4.78, 5) is 20.9. The van der Waals surface area contributed by atoms with Crippen LogP contribution >= 0.6 is 7.37 Å². The molecular formula is C15H29O4P. The van der Waals surface area contributed by atoms with E-state index in [4.69, 9.17) is 4.74 Å². The number of unbranched alkanes of at least 4 members (excludes halogenated alkanes) is 5. The Morgan fingerprint density at radius 1 is 1.10 bits per heavy atom. The van der Waals surface area contributed by atoms with Gasteiger partial charge in [0.1, 0.15) is 0 Å². The van der Waals surface area contributed by atoms with Gasteiger partial charge < -0.3 is 9.63 Å². The molecule has 0 aromatic heterocycles. The van der Waals surface area contributed by atoms with Crippen molar-refractivity contribution in [2.24, 2.45) is 0 Å². The Balaban J connectivity index is 3.61. The Labute approximate surface area is 123 Å². The zero-order valence-electron chi connectivity index (χ0n) is 12.9. The number of carbonyl (C=O) groups is 1. The summed E-state index contributed by atoms with van der Waals surface area (Å²) < 4.78 is 16.8. The van der Waals surface area contributed by atoms with Gasteiger partial charge in [-0.1, -0.05) is 45.6 Å². The van der Waals surface area contributed by atoms with E-state index in [2.05, 4.69) is 13.5 Å². The van der Waals surface area contributed by atoms with Crippen molar-refractivity contribution in [1.82, 2.24) is 0 Å². The zero-order valence-corrected chi connectivity index (χ0v) is 13.8. The van der Waals surface area contributed by atoms with E-state index in [1.807, 2.05) is 0 Å². The molecule has 4 nitrogen and oxygen atoms in total. The van der Waals surface area contributed by atoms with Gasteiger partial charge in [-0.3, -0.25) is 4.57 Å². The average molecular weight is 304 g/mol. The summed E-state index contributed by atoms with van der Waals surface area (Å²) in [5, 5.41) is 0. The topological polar surface area (TPSA) is 63.6 Å². The van der Waals surface area contributed by atoms with E-state index in [-0.39, 0.29) is 12.8 Å². The molecule has 0 radical (unpaired) electrons. The van der Waals surface area contributed by atoms with Crippen LogP contribution in [-0.4, -0.2) is 29.8 Å². The molecule has 20 heavy (non-hydrogen) atoms. The number of esters is 1. The highest BCUT2D eigenvalue weighted by molar-refractivity contribution is 7.57. The van der Waals surface area contributed by atoms with E-state index in [1.54, 1.807) is 6.92 Å². The van der Waals surface area contributed by atoms with Gasteiger partial charge in [0, 0.05) is 17.9 Å². The molecule has 0 spiro atoms. The van der Waals surface area contributed by atoms with Crippen LogP contribution in [0.15, 0.2) is 12.2 Å². The van der Waals surface area contributed by atoms with Crippen molar-refractivity contribution in [2.75, 3.05) is 18.9 Å². The lowest BCUT2D eigenvalue weighted by Gasteiger charge is -2.11. The summed E-state index contributed by atoms with van der Waals surface area (Å²) in [6.07, 6.45) is 7.68. The Kier molecular flexibility index (Phi) is 10.8. The molecule has 1 atom stereocenters. The van der Waals surface area contributed by atoms with Crippen LogP contribution in [0.5, 0.6) is 0 Å². The molecule has 0 aromatic carbocycles. The molecule has 0 saturated heterocycles. The van der Waals surface area contributed by atoms with E-state index in [1.165, 1.54) is 19.3 Å². The van der Waals surface area contributed by atoms with Crippen LogP contribution in [0.25, 0.3) is 0 Å². The molecule has 0 heterocycles. The lowest BCUT2D eigenvalue weighted by Crippen LogP contribution is -2.08. The molecule has 0 fully saturated rings. The maximum absolute atomic E-state index is 11.9. The van der Waals surface area contributed by atoms with Gasteiger partial charge in [0.05, 0.1) is 6.61 Å². The molecule has 118 valence electrons. The van der Waals surface area contributed by atoms with Crippen molar-refractivity contribution in [2.45, 2.75) is 58.8 Å². The summed E-state index contributed by atoms with van der Waals surface area (Å²) in [5.74, 6) is -0.436. The molecule has 0 amide bonds. The number of hydrogen-bond acceptors (Lipinski definition) is 3. The number of hydrogen-bond donors (Lipinski definition) is 1. The van der Waals surface area contributed by atoms with Gasteiger partial charge in [-0.25, -0.2) is 4.79 Å². The monoisotopic (exact) mass is 304 g/mol. The number of rotatable bonds is 12. The van der Waals surface area contributed by atoms with Crippen LogP contribution in [0.3, 0.4) is 0 Å². The third kappa shape index (κ3) is 11.2.